The van der Waals surface area contributed by atoms with E-state index in [2.05, 4.69) is 5.32 Å². The molecule has 1 atom stereocenters. The van der Waals surface area contributed by atoms with E-state index in [0.717, 1.165) is 31.2 Å². The van der Waals surface area contributed by atoms with Gasteiger partial charge in [0.2, 0.25) is 11.8 Å². The first-order chi connectivity index (χ1) is 12.1. The third-order valence-electron chi connectivity index (χ3n) is 5.56. The number of rotatable bonds is 5. The number of carbonyl (C=O) groups is 2. The Bertz CT molecular complexity index is 606. The molecular weight excluding hydrogens is 316 g/mol. The van der Waals surface area contributed by atoms with E-state index in [-0.39, 0.29) is 30.5 Å². The van der Waals surface area contributed by atoms with E-state index in [1.54, 1.807) is 4.90 Å². The topological polar surface area (TPSA) is 69.6 Å². The zero-order valence-corrected chi connectivity index (χ0v) is 14.9. The Morgan fingerprint density at radius 1 is 1.16 bits per heavy atom. The maximum absolute atomic E-state index is 12.7. The van der Waals surface area contributed by atoms with Crippen molar-refractivity contribution >= 4 is 11.8 Å². The molecule has 2 fully saturated rings. The highest BCUT2D eigenvalue weighted by Crippen LogP contribution is 2.26. The van der Waals surface area contributed by atoms with Gasteiger partial charge in [-0.3, -0.25) is 9.59 Å². The SMILES string of the molecule is Cc1ccc(CN2C(=O)CCC2C(=O)NC2CCC(CO)CC2)cc1. The molecule has 25 heavy (non-hydrogen) atoms. The highest BCUT2D eigenvalue weighted by Gasteiger charge is 2.37. The average Bonchev–Trinajstić information content (AvgIpc) is 2.98. The van der Waals surface area contributed by atoms with Gasteiger partial charge < -0.3 is 15.3 Å². The Morgan fingerprint density at radius 3 is 2.48 bits per heavy atom. The van der Waals surface area contributed by atoms with E-state index in [1.807, 2.05) is 31.2 Å². The van der Waals surface area contributed by atoms with Gasteiger partial charge in [0.25, 0.3) is 0 Å². The highest BCUT2D eigenvalue weighted by molar-refractivity contribution is 5.91. The summed E-state index contributed by atoms with van der Waals surface area (Å²) in [5.74, 6) is 0.411. The van der Waals surface area contributed by atoms with Gasteiger partial charge in [-0.05, 0) is 50.5 Å². The number of likely N-dealkylation sites (tertiary alicyclic amines) is 1. The van der Waals surface area contributed by atoms with Gasteiger partial charge in [0.15, 0.2) is 0 Å². The van der Waals surface area contributed by atoms with Crippen LogP contribution in [-0.2, 0) is 16.1 Å². The highest BCUT2D eigenvalue weighted by atomic mass is 16.3. The number of aryl methyl sites for hydroxylation is 1. The van der Waals surface area contributed by atoms with Crippen molar-refractivity contribution in [1.82, 2.24) is 10.2 Å². The van der Waals surface area contributed by atoms with Crippen molar-refractivity contribution in [2.45, 2.75) is 64.1 Å². The number of nitrogens with zero attached hydrogens (tertiary/aromatic N) is 1. The summed E-state index contributed by atoms with van der Waals surface area (Å²) in [4.78, 5) is 26.7. The molecule has 1 aromatic carbocycles. The lowest BCUT2D eigenvalue weighted by atomic mass is 9.86. The van der Waals surface area contributed by atoms with E-state index in [1.165, 1.54) is 5.56 Å². The van der Waals surface area contributed by atoms with Crippen LogP contribution in [0.1, 0.15) is 49.7 Å². The van der Waals surface area contributed by atoms with Gasteiger partial charge >= 0.3 is 0 Å². The number of hydrogen-bond donors (Lipinski definition) is 2. The molecule has 0 aromatic heterocycles. The van der Waals surface area contributed by atoms with Crippen LogP contribution in [0.3, 0.4) is 0 Å². The van der Waals surface area contributed by atoms with Gasteiger partial charge in [-0.2, -0.15) is 0 Å². The quantitative estimate of drug-likeness (QED) is 0.860. The number of benzene rings is 1. The fraction of sp³-hybridized carbons (Fsp3) is 0.600. The average molecular weight is 344 g/mol. The van der Waals surface area contributed by atoms with Gasteiger partial charge in [-0.15, -0.1) is 0 Å². The van der Waals surface area contributed by atoms with Crippen LogP contribution in [0.2, 0.25) is 0 Å². The summed E-state index contributed by atoms with van der Waals surface area (Å²) < 4.78 is 0. The lowest BCUT2D eigenvalue weighted by Crippen LogP contribution is -2.48. The van der Waals surface area contributed by atoms with Crippen LogP contribution < -0.4 is 5.32 Å². The maximum atomic E-state index is 12.7. The van der Waals surface area contributed by atoms with Crippen molar-refractivity contribution in [2.24, 2.45) is 5.92 Å². The summed E-state index contributed by atoms with van der Waals surface area (Å²) in [5.41, 5.74) is 2.24. The van der Waals surface area contributed by atoms with Gasteiger partial charge in [0.05, 0.1) is 0 Å². The van der Waals surface area contributed by atoms with Crippen molar-refractivity contribution < 1.29 is 14.7 Å². The molecule has 1 heterocycles. The van der Waals surface area contributed by atoms with Crippen LogP contribution in [0.5, 0.6) is 0 Å². The molecule has 2 aliphatic rings. The Hall–Kier alpha value is -1.88. The second-order valence-electron chi connectivity index (χ2n) is 7.47. The van der Waals surface area contributed by atoms with Crippen LogP contribution in [0.25, 0.3) is 0 Å². The number of nitrogens with one attached hydrogen (secondary N) is 1. The summed E-state index contributed by atoms with van der Waals surface area (Å²) in [6.45, 7) is 2.77. The minimum Gasteiger partial charge on any atom is -0.396 e. The fourth-order valence-electron chi connectivity index (χ4n) is 3.88. The van der Waals surface area contributed by atoms with Crippen LogP contribution in [0.15, 0.2) is 24.3 Å². The lowest BCUT2D eigenvalue weighted by Gasteiger charge is -2.30. The molecule has 2 N–H and O–H groups in total. The Kier molecular flexibility index (Phi) is 5.74. The van der Waals surface area contributed by atoms with Crippen molar-refractivity contribution in [3.63, 3.8) is 0 Å². The first-order valence-corrected chi connectivity index (χ1v) is 9.33. The van der Waals surface area contributed by atoms with Gasteiger partial charge in [-0.1, -0.05) is 29.8 Å². The minimum absolute atomic E-state index is 0.0228. The zero-order valence-electron chi connectivity index (χ0n) is 14.9. The molecule has 1 aliphatic carbocycles. The number of aliphatic hydroxyl groups excluding tert-OH is 1. The standard InChI is InChI=1S/C20H28N2O3/c1-14-2-4-15(5-3-14)12-22-18(10-11-19(22)24)20(25)21-17-8-6-16(13-23)7-9-17/h2-5,16-18,23H,6-13H2,1H3,(H,21,25). The smallest absolute Gasteiger partial charge is 0.243 e. The zero-order chi connectivity index (χ0) is 17.8. The molecule has 5 heteroatoms. The molecule has 1 aromatic rings. The molecule has 1 saturated heterocycles. The van der Waals surface area contributed by atoms with Crippen LogP contribution >= 0.6 is 0 Å². The van der Waals surface area contributed by atoms with Crippen LogP contribution in [-0.4, -0.2) is 40.5 Å². The number of amides is 2. The second kappa shape index (κ2) is 8.00. The predicted octanol–water partition coefficient (Wildman–Crippen LogP) is 2.15. The van der Waals surface area contributed by atoms with E-state index >= 15 is 0 Å². The van der Waals surface area contributed by atoms with E-state index < -0.39 is 0 Å². The first kappa shape index (κ1) is 17.9. The molecule has 136 valence electrons. The third-order valence-corrected chi connectivity index (χ3v) is 5.56. The number of aliphatic hydroxyl groups is 1. The molecule has 3 rings (SSSR count). The molecule has 2 amide bonds. The monoisotopic (exact) mass is 344 g/mol. The Balaban J connectivity index is 1.59. The second-order valence-corrected chi connectivity index (χ2v) is 7.47. The first-order valence-electron chi connectivity index (χ1n) is 9.33. The molecule has 0 spiro atoms. The van der Waals surface area contributed by atoms with Gasteiger partial charge in [-0.25, -0.2) is 0 Å². The predicted molar refractivity (Wildman–Crippen MR) is 95.7 cm³/mol. The van der Waals surface area contributed by atoms with Crippen molar-refractivity contribution in [3.8, 4) is 0 Å². The Labute approximate surface area is 149 Å². The normalized spacial score (nSPS) is 26.7. The molecule has 1 saturated carbocycles. The lowest BCUT2D eigenvalue weighted by molar-refractivity contribution is -0.136. The molecule has 5 nitrogen and oxygen atoms in total. The number of carbonyl (C=O) groups excluding carboxylic acids is 2. The minimum atomic E-state index is -0.357. The molecule has 0 radical (unpaired) electrons. The van der Waals surface area contributed by atoms with E-state index in [0.29, 0.717) is 25.3 Å². The fourth-order valence-corrected chi connectivity index (χ4v) is 3.88. The summed E-state index contributed by atoms with van der Waals surface area (Å²) in [5, 5.41) is 12.4. The Morgan fingerprint density at radius 2 is 1.84 bits per heavy atom. The summed E-state index contributed by atoms with van der Waals surface area (Å²) in [6.07, 6.45) is 4.78. The summed E-state index contributed by atoms with van der Waals surface area (Å²) >= 11 is 0. The van der Waals surface area contributed by atoms with Gasteiger partial charge in [0, 0.05) is 25.6 Å². The third kappa shape index (κ3) is 4.40. The molecule has 0 bridgehead atoms. The van der Waals surface area contributed by atoms with Crippen molar-refractivity contribution in [2.75, 3.05) is 6.61 Å². The molecule has 1 aliphatic heterocycles. The molecule has 1 unspecified atom stereocenters. The van der Waals surface area contributed by atoms with E-state index in [9.17, 15) is 14.7 Å². The van der Waals surface area contributed by atoms with Crippen LogP contribution in [0.4, 0.5) is 0 Å². The van der Waals surface area contributed by atoms with Crippen molar-refractivity contribution in [3.05, 3.63) is 35.4 Å². The number of hydrogen-bond acceptors (Lipinski definition) is 3. The van der Waals surface area contributed by atoms with Crippen molar-refractivity contribution in [1.29, 1.82) is 0 Å². The molecular formula is C20H28N2O3. The maximum Gasteiger partial charge on any atom is 0.243 e. The van der Waals surface area contributed by atoms with Crippen LogP contribution in [0, 0.1) is 12.8 Å². The largest absolute Gasteiger partial charge is 0.396 e. The summed E-state index contributed by atoms with van der Waals surface area (Å²) in [7, 11) is 0. The van der Waals surface area contributed by atoms with E-state index in [4.69, 9.17) is 0 Å². The summed E-state index contributed by atoms with van der Waals surface area (Å²) in [6, 6.07) is 7.92. The van der Waals surface area contributed by atoms with Gasteiger partial charge in [0.1, 0.15) is 6.04 Å².